The highest BCUT2D eigenvalue weighted by Gasteiger charge is 2.32. The van der Waals surface area contributed by atoms with Gasteiger partial charge in [-0.1, -0.05) is 24.6 Å². The van der Waals surface area contributed by atoms with Gasteiger partial charge in [-0.25, -0.2) is 13.1 Å². The highest BCUT2D eigenvalue weighted by Crippen LogP contribution is 2.26. The number of amides is 1. The van der Waals surface area contributed by atoms with Crippen LogP contribution in [0.2, 0.25) is 5.02 Å². The highest BCUT2D eigenvalue weighted by atomic mass is 35.5. The lowest BCUT2D eigenvalue weighted by Gasteiger charge is -2.24. The van der Waals surface area contributed by atoms with Crippen molar-refractivity contribution in [3.05, 3.63) is 29.3 Å². The van der Waals surface area contributed by atoms with Crippen LogP contribution in [0.4, 0.5) is 0 Å². The summed E-state index contributed by atoms with van der Waals surface area (Å²) in [6.45, 7) is 1.76. The first-order chi connectivity index (χ1) is 9.79. The normalized spacial score (nSPS) is 22.9. The van der Waals surface area contributed by atoms with Crippen molar-refractivity contribution < 1.29 is 18.0 Å². The summed E-state index contributed by atoms with van der Waals surface area (Å²) < 4.78 is 26.3. The Kier molecular flexibility index (Phi) is 4.68. The number of rotatable bonds is 3. The molecule has 2 atom stereocenters. The minimum absolute atomic E-state index is 0.0525. The summed E-state index contributed by atoms with van der Waals surface area (Å²) in [6.07, 6.45) is 1.09. The highest BCUT2D eigenvalue weighted by molar-refractivity contribution is 7.90. The quantitative estimate of drug-likeness (QED) is 0.921. The lowest BCUT2D eigenvalue weighted by molar-refractivity contribution is -0.129. The summed E-state index contributed by atoms with van der Waals surface area (Å²) in [5, 5.41) is 0.280. The molecule has 1 aliphatic carbocycles. The smallest absolute Gasteiger partial charge is 0.264 e. The number of sulfonamides is 1. The van der Waals surface area contributed by atoms with E-state index in [9.17, 15) is 18.0 Å². The van der Waals surface area contributed by atoms with Gasteiger partial charge in [0.05, 0.1) is 4.90 Å². The summed E-state index contributed by atoms with van der Waals surface area (Å²) in [5.41, 5.74) is 0. The Labute approximate surface area is 128 Å². The molecule has 5 nitrogen and oxygen atoms in total. The standard InChI is InChI=1S/C14H16ClNO4S/c1-9-7-10(5-6-13(9)17)14(18)16-21(19,20)12-4-2-3-11(15)8-12/h2-4,8-10H,5-7H2,1H3,(H,16,18)/t9-,10-/m1/s1. The van der Waals surface area contributed by atoms with Crippen LogP contribution in [-0.4, -0.2) is 20.1 Å². The monoisotopic (exact) mass is 329 g/mol. The van der Waals surface area contributed by atoms with Gasteiger partial charge in [0.2, 0.25) is 5.91 Å². The van der Waals surface area contributed by atoms with Crippen LogP contribution >= 0.6 is 11.6 Å². The number of benzene rings is 1. The fraction of sp³-hybridized carbons (Fsp3) is 0.429. The molecule has 21 heavy (non-hydrogen) atoms. The van der Waals surface area contributed by atoms with Gasteiger partial charge in [-0.3, -0.25) is 9.59 Å². The fourth-order valence-corrected chi connectivity index (χ4v) is 3.73. The number of hydrogen-bond acceptors (Lipinski definition) is 4. The van der Waals surface area contributed by atoms with E-state index in [4.69, 9.17) is 11.6 Å². The van der Waals surface area contributed by atoms with Crippen molar-refractivity contribution in [3.63, 3.8) is 0 Å². The van der Waals surface area contributed by atoms with Crippen molar-refractivity contribution in [3.8, 4) is 0 Å². The van der Waals surface area contributed by atoms with Gasteiger partial charge in [0, 0.05) is 23.3 Å². The van der Waals surface area contributed by atoms with E-state index < -0.39 is 21.8 Å². The molecule has 1 aromatic rings. The summed E-state index contributed by atoms with van der Waals surface area (Å²) >= 11 is 5.76. The van der Waals surface area contributed by atoms with E-state index in [0.717, 1.165) is 0 Å². The minimum atomic E-state index is -3.93. The van der Waals surface area contributed by atoms with Gasteiger partial charge < -0.3 is 0 Å². The Morgan fingerprint density at radius 2 is 2.10 bits per heavy atom. The summed E-state index contributed by atoms with van der Waals surface area (Å²) in [4.78, 5) is 23.5. The Hall–Kier alpha value is -1.40. The summed E-state index contributed by atoms with van der Waals surface area (Å²) in [5.74, 6) is -1.10. The second-order valence-electron chi connectivity index (χ2n) is 5.27. The van der Waals surface area contributed by atoms with Crippen LogP contribution in [0.15, 0.2) is 29.2 Å². The zero-order valence-electron chi connectivity index (χ0n) is 11.5. The lowest BCUT2D eigenvalue weighted by Crippen LogP contribution is -2.39. The number of halogens is 1. The molecule has 114 valence electrons. The Morgan fingerprint density at radius 1 is 1.38 bits per heavy atom. The molecule has 0 aliphatic heterocycles. The molecular weight excluding hydrogens is 314 g/mol. The maximum Gasteiger partial charge on any atom is 0.264 e. The molecule has 0 aromatic heterocycles. The molecule has 1 saturated carbocycles. The van der Waals surface area contributed by atoms with Crippen LogP contribution in [0.25, 0.3) is 0 Å². The van der Waals surface area contributed by atoms with Crippen molar-refractivity contribution in [2.75, 3.05) is 0 Å². The number of carbonyl (C=O) groups excluding carboxylic acids is 2. The van der Waals surface area contributed by atoms with E-state index in [2.05, 4.69) is 4.72 Å². The molecule has 7 heteroatoms. The third-order valence-electron chi connectivity index (χ3n) is 3.64. The number of carbonyl (C=O) groups is 2. The van der Waals surface area contributed by atoms with E-state index in [-0.39, 0.29) is 21.6 Å². The molecule has 1 aliphatic rings. The molecule has 1 amide bonds. The second kappa shape index (κ2) is 6.15. The molecule has 1 aromatic carbocycles. The third-order valence-corrected chi connectivity index (χ3v) is 5.22. The predicted molar refractivity (Wildman–Crippen MR) is 78.3 cm³/mol. The van der Waals surface area contributed by atoms with Crippen LogP contribution in [0, 0.1) is 11.8 Å². The van der Waals surface area contributed by atoms with Crippen LogP contribution in [0.1, 0.15) is 26.2 Å². The zero-order chi connectivity index (χ0) is 15.6. The third kappa shape index (κ3) is 3.83. The molecule has 0 saturated heterocycles. The van der Waals surface area contributed by atoms with Crippen LogP contribution in [0.3, 0.4) is 0 Å². The zero-order valence-corrected chi connectivity index (χ0v) is 13.1. The van der Waals surface area contributed by atoms with Crippen LogP contribution in [-0.2, 0) is 19.6 Å². The van der Waals surface area contributed by atoms with Crippen molar-refractivity contribution in [2.24, 2.45) is 11.8 Å². The first kappa shape index (κ1) is 16.0. The van der Waals surface area contributed by atoms with Crippen molar-refractivity contribution in [2.45, 2.75) is 31.1 Å². The molecule has 0 radical (unpaired) electrons. The largest absolute Gasteiger partial charge is 0.299 e. The predicted octanol–water partition coefficient (Wildman–Crippen LogP) is 2.15. The Balaban J connectivity index is 2.10. The van der Waals surface area contributed by atoms with Gasteiger partial charge in [0.25, 0.3) is 10.0 Å². The number of nitrogens with one attached hydrogen (secondary N) is 1. The van der Waals surface area contributed by atoms with E-state index in [0.29, 0.717) is 19.3 Å². The molecule has 0 unspecified atom stereocenters. The number of hydrogen-bond donors (Lipinski definition) is 1. The molecule has 1 fully saturated rings. The average Bonchev–Trinajstić information content (AvgIpc) is 2.41. The van der Waals surface area contributed by atoms with Crippen molar-refractivity contribution in [1.82, 2.24) is 4.72 Å². The summed E-state index contributed by atoms with van der Waals surface area (Å²) in [7, 11) is -3.93. The van der Waals surface area contributed by atoms with Crippen LogP contribution in [0.5, 0.6) is 0 Å². The summed E-state index contributed by atoms with van der Waals surface area (Å²) in [6, 6.07) is 5.71. The van der Waals surface area contributed by atoms with Gasteiger partial charge in [-0.2, -0.15) is 0 Å². The van der Waals surface area contributed by atoms with Gasteiger partial charge in [-0.05, 0) is 31.0 Å². The molecule has 1 N–H and O–H groups in total. The molecule has 0 bridgehead atoms. The average molecular weight is 330 g/mol. The topological polar surface area (TPSA) is 80.3 Å². The first-order valence-electron chi connectivity index (χ1n) is 6.64. The second-order valence-corrected chi connectivity index (χ2v) is 7.38. The van der Waals surface area contributed by atoms with Gasteiger partial charge in [-0.15, -0.1) is 0 Å². The minimum Gasteiger partial charge on any atom is -0.299 e. The Morgan fingerprint density at radius 3 is 2.71 bits per heavy atom. The fourth-order valence-electron chi connectivity index (χ4n) is 2.39. The molecule has 0 spiro atoms. The van der Waals surface area contributed by atoms with Gasteiger partial charge in [0.15, 0.2) is 0 Å². The number of Topliss-reactive ketones (excluding diaryl/α,β-unsaturated/α-hetero) is 1. The lowest BCUT2D eigenvalue weighted by atomic mass is 9.81. The van der Waals surface area contributed by atoms with Crippen molar-refractivity contribution >= 4 is 33.3 Å². The van der Waals surface area contributed by atoms with E-state index in [1.165, 1.54) is 18.2 Å². The van der Waals surface area contributed by atoms with Crippen LogP contribution < -0.4 is 4.72 Å². The van der Waals surface area contributed by atoms with E-state index in [1.54, 1.807) is 13.0 Å². The van der Waals surface area contributed by atoms with E-state index >= 15 is 0 Å². The molecule has 2 rings (SSSR count). The van der Waals surface area contributed by atoms with Gasteiger partial charge >= 0.3 is 0 Å². The SMILES string of the molecule is C[C@@H]1C[C@H](C(=O)NS(=O)(=O)c2cccc(Cl)c2)CCC1=O. The maximum absolute atomic E-state index is 12.1. The maximum atomic E-state index is 12.1. The number of ketones is 1. The first-order valence-corrected chi connectivity index (χ1v) is 8.50. The van der Waals surface area contributed by atoms with E-state index in [1.807, 2.05) is 0 Å². The van der Waals surface area contributed by atoms with Gasteiger partial charge in [0.1, 0.15) is 5.78 Å². The molecular formula is C14H16ClNO4S. The Bertz CT molecular complexity index is 671. The van der Waals surface area contributed by atoms with Crippen molar-refractivity contribution in [1.29, 1.82) is 0 Å². The molecule has 0 heterocycles.